The molecule has 0 saturated carbocycles. The van der Waals surface area contributed by atoms with Crippen molar-refractivity contribution >= 4 is 0 Å². The predicted molar refractivity (Wildman–Crippen MR) is 47.1 cm³/mol. The standard InChI is InChI=1S/C10H7NO2/c1-13-9-5-4-8(3-2-6-11)10(12)7-9/h4-5,7,12H,1H3. The Kier molecular flexibility index (Phi) is 2.78. The number of methoxy groups -OCH3 is 1. The molecule has 0 aliphatic rings. The molecular formula is C10H7NO2. The minimum absolute atomic E-state index is 0.0158. The summed E-state index contributed by atoms with van der Waals surface area (Å²) in [4.78, 5) is 0. The van der Waals surface area contributed by atoms with Gasteiger partial charge in [-0.2, -0.15) is 5.26 Å². The molecule has 1 aromatic rings. The first kappa shape index (κ1) is 8.96. The van der Waals surface area contributed by atoms with Crippen molar-refractivity contribution < 1.29 is 9.84 Å². The second kappa shape index (κ2) is 4.04. The van der Waals surface area contributed by atoms with Crippen LogP contribution in [0, 0.1) is 23.2 Å². The second-order valence-corrected chi connectivity index (χ2v) is 2.24. The Bertz CT molecular complexity index is 407. The maximum atomic E-state index is 9.36. The van der Waals surface area contributed by atoms with Gasteiger partial charge in [-0.25, -0.2) is 0 Å². The maximum absolute atomic E-state index is 9.36. The van der Waals surface area contributed by atoms with E-state index in [2.05, 4.69) is 11.8 Å². The molecule has 0 aliphatic heterocycles. The highest BCUT2D eigenvalue weighted by molar-refractivity contribution is 5.50. The Labute approximate surface area is 76.2 Å². The quantitative estimate of drug-likeness (QED) is 0.651. The van der Waals surface area contributed by atoms with E-state index in [1.807, 2.05) is 0 Å². The van der Waals surface area contributed by atoms with E-state index in [4.69, 9.17) is 10.00 Å². The van der Waals surface area contributed by atoms with Gasteiger partial charge in [0.25, 0.3) is 0 Å². The largest absolute Gasteiger partial charge is 0.507 e. The van der Waals surface area contributed by atoms with Gasteiger partial charge in [0.05, 0.1) is 12.7 Å². The minimum Gasteiger partial charge on any atom is -0.507 e. The molecule has 0 fully saturated rings. The lowest BCUT2D eigenvalue weighted by Gasteiger charge is -2.00. The normalized spacial score (nSPS) is 8.00. The van der Waals surface area contributed by atoms with E-state index in [-0.39, 0.29) is 5.75 Å². The Morgan fingerprint density at radius 2 is 2.23 bits per heavy atom. The van der Waals surface area contributed by atoms with Gasteiger partial charge < -0.3 is 9.84 Å². The maximum Gasteiger partial charge on any atom is 0.152 e. The first-order valence-corrected chi connectivity index (χ1v) is 3.55. The fourth-order valence-electron chi connectivity index (χ4n) is 0.839. The Hall–Kier alpha value is -2.13. The van der Waals surface area contributed by atoms with Crippen LogP contribution >= 0.6 is 0 Å². The molecule has 3 heteroatoms. The van der Waals surface area contributed by atoms with Crippen LogP contribution in [0.1, 0.15) is 5.56 Å². The first-order chi connectivity index (χ1) is 6.27. The Morgan fingerprint density at radius 3 is 2.77 bits per heavy atom. The predicted octanol–water partition coefficient (Wildman–Crippen LogP) is 1.28. The van der Waals surface area contributed by atoms with Crippen molar-refractivity contribution in [1.82, 2.24) is 0 Å². The molecule has 1 rings (SSSR count). The smallest absolute Gasteiger partial charge is 0.152 e. The lowest BCUT2D eigenvalue weighted by molar-refractivity contribution is 0.407. The molecule has 0 aromatic heterocycles. The molecular weight excluding hydrogens is 166 g/mol. The van der Waals surface area contributed by atoms with Gasteiger partial charge in [0.1, 0.15) is 11.5 Å². The monoisotopic (exact) mass is 173 g/mol. The molecule has 0 saturated heterocycles. The zero-order valence-electron chi connectivity index (χ0n) is 7.03. The molecule has 1 aromatic carbocycles. The highest BCUT2D eigenvalue weighted by Gasteiger charge is 1.98. The van der Waals surface area contributed by atoms with E-state index in [0.717, 1.165) is 0 Å². The summed E-state index contributed by atoms with van der Waals surface area (Å²) in [6, 6.07) is 6.38. The summed E-state index contributed by atoms with van der Waals surface area (Å²) in [6.07, 6.45) is 0. The van der Waals surface area contributed by atoms with E-state index >= 15 is 0 Å². The van der Waals surface area contributed by atoms with Crippen LogP contribution in [0.15, 0.2) is 18.2 Å². The van der Waals surface area contributed by atoms with E-state index in [1.54, 1.807) is 18.2 Å². The Morgan fingerprint density at radius 1 is 1.46 bits per heavy atom. The van der Waals surface area contributed by atoms with Gasteiger partial charge in [-0.15, -0.1) is 0 Å². The molecule has 3 nitrogen and oxygen atoms in total. The lowest BCUT2D eigenvalue weighted by Crippen LogP contribution is -1.83. The average Bonchev–Trinajstić information content (AvgIpc) is 2.16. The van der Waals surface area contributed by atoms with Crippen LogP contribution in [-0.2, 0) is 0 Å². The van der Waals surface area contributed by atoms with Crippen molar-refractivity contribution in [3.8, 4) is 29.4 Å². The molecule has 64 valence electrons. The van der Waals surface area contributed by atoms with Crippen LogP contribution in [0.2, 0.25) is 0 Å². The van der Waals surface area contributed by atoms with Gasteiger partial charge in [-0.05, 0) is 18.1 Å². The van der Waals surface area contributed by atoms with Crippen molar-refractivity contribution in [2.75, 3.05) is 7.11 Å². The second-order valence-electron chi connectivity index (χ2n) is 2.24. The number of nitriles is 1. The van der Waals surface area contributed by atoms with Gasteiger partial charge in [-0.1, -0.05) is 0 Å². The van der Waals surface area contributed by atoms with Gasteiger partial charge in [0.2, 0.25) is 0 Å². The fourth-order valence-corrected chi connectivity index (χ4v) is 0.839. The third-order valence-corrected chi connectivity index (χ3v) is 1.46. The van der Waals surface area contributed by atoms with Crippen molar-refractivity contribution in [2.24, 2.45) is 0 Å². The third kappa shape index (κ3) is 2.15. The SMILES string of the molecule is COc1ccc(C#CC#N)c(O)c1. The summed E-state index contributed by atoms with van der Waals surface area (Å²) in [5.74, 6) is 5.27. The highest BCUT2D eigenvalue weighted by Crippen LogP contribution is 2.22. The number of ether oxygens (including phenoxy) is 1. The number of benzene rings is 1. The van der Waals surface area contributed by atoms with Gasteiger partial charge in [0, 0.05) is 12.0 Å². The molecule has 0 amide bonds. The number of aromatic hydroxyl groups is 1. The molecule has 0 spiro atoms. The van der Waals surface area contributed by atoms with Crippen LogP contribution in [0.4, 0.5) is 0 Å². The van der Waals surface area contributed by atoms with Crippen LogP contribution in [0.5, 0.6) is 11.5 Å². The molecule has 0 bridgehead atoms. The van der Waals surface area contributed by atoms with Crippen molar-refractivity contribution in [1.29, 1.82) is 5.26 Å². The fraction of sp³-hybridized carbons (Fsp3) is 0.100. The van der Waals surface area contributed by atoms with Crippen LogP contribution in [0.3, 0.4) is 0 Å². The van der Waals surface area contributed by atoms with E-state index in [0.29, 0.717) is 11.3 Å². The summed E-state index contributed by atoms with van der Waals surface area (Å²) in [6.45, 7) is 0. The average molecular weight is 173 g/mol. The summed E-state index contributed by atoms with van der Waals surface area (Å²) >= 11 is 0. The molecule has 0 atom stereocenters. The number of rotatable bonds is 1. The summed E-state index contributed by atoms with van der Waals surface area (Å²) in [5, 5.41) is 17.5. The molecule has 1 N–H and O–H groups in total. The number of hydrogen-bond donors (Lipinski definition) is 1. The first-order valence-electron chi connectivity index (χ1n) is 3.55. The lowest BCUT2D eigenvalue weighted by atomic mass is 10.2. The zero-order chi connectivity index (χ0) is 9.68. The Balaban J connectivity index is 3.07. The number of nitrogens with zero attached hydrogens (tertiary/aromatic N) is 1. The summed E-state index contributed by atoms with van der Waals surface area (Å²) in [7, 11) is 1.51. The molecule has 0 radical (unpaired) electrons. The zero-order valence-corrected chi connectivity index (χ0v) is 7.03. The van der Waals surface area contributed by atoms with Crippen molar-refractivity contribution in [2.45, 2.75) is 0 Å². The van der Waals surface area contributed by atoms with Gasteiger partial charge in [0.15, 0.2) is 6.07 Å². The third-order valence-electron chi connectivity index (χ3n) is 1.46. The number of phenolic OH excluding ortho intramolecular Hbond substituents is 1. The van der Waals surface area contributed by atoms with Crippen molar-refractivity contribution in [3.63, 3.8) is 0 Å². The van der Waals surface area contributed by atoms with Crippen LogP contribution in [0.25, 0.3) is 0 Å². The van der Waals surface area contributed by atoms with E-state index in [9.17, 15) is 5.11 Å². The van der Waals surface area contributed by atoms with E-state index < -0.39 is 0 Å². The highest BCUT2D eigenvalue weighted by atomic mass is 16.5. The summed E-state index contributed by atoms with van der Waals surface area (Å²) < 4.78 is 4.88. The number of phenols is 1. The molecule has 0 heterocycles. The number of hydrogen-bond acceptors (Lipinski definition) is 3. The van der Waals surface area contributed by atoms with Gasteiger partial charge in [-0.3, -0.25) is 0 Å². The van der Waals surface area contributed by atoms with Gasteiger partial charge >= 0.3 is 0 Å². The molecule has 0 unspecified atom stereocenters. The van der Waals surface area contributed by atoms with E-state index in [1.165, 1.54) is 13.2 Å². The molecule has 13 heavy (non-hydrogen) atoms. The van der Waals surface area contributed by atoms with Crippen LogP contribution < -0.4 is 4.74 Å². The topological polar surface area (TPSA) is 53.2 Å². The minimum atomic E-state index is 0.0158. The van der Waals surface area contributed by atoms with Crippen LogP contribution in [-0.4, -0.2) is 12.2 Å². The van der Waals surface area contributed by atoms with Crippen molar-refractivity contribution in [3.05, 3.63) is 23.8 Å². The summed E-state index contributed by atoms with van der Waals surface area (Å²) in [5.41, 5.74) is 0.419. The molecule has 0 aliphatic carbocycles.